The summed E-state index contributed by atoms with van der Waals surface area (Å²) >= 11 is 0. The molecule has 0 saturated carbocycles. The van der Waals surface area contributed by atoms with E-state index in [2.05, 4.69) is 26.1 Å². The number of carbonyl (C=O) groups excluding carboxylic acids is 1. The van der Waals surface area contributed by atoms with Gasteiger partial charge in [-0.25, -0.2) is 9.37 Å². The molecule has 1 aliphatic heterocycles. The number of hydrogen-bond acceptors (Lipinski definition) is 6. The Kier molecular flexibility index (Phi) is 4.79. The number of anilines is 1. The largest absolute Gasteiger partial charge is 0.382 e. The van der Waals surface area contributed by atoms with E-state index >= 15 is 4.39 Å². The molecule has 1 aromatic carbocycles. The second-order valence-electron chi connectivity index (χ2n) is 9.14. The third kappa shape index (κ3) is 4.70. The predicted octanol–water partition coefficient (Wildman–Crippen LogP) is 4.05. The first kappa shape index (κ1) is 18.2. The molecule has 5 rings (SSSR count). The molecule has 0 fully saturated rings. The maximum absolute atomic E-state index is 15.4. The molecular formula is C28H30FN7O. The standard InChI is InChI=1S/C28H30FN7O/c1-17-13-19(28(37)34(2)3)14-23(29)26(17)18-8-11-36(12-9-18)16-20-15-22-21(7-10-31-27(22)35(20)4)24-5-6-25(30)33-32-24/h5-8,10,13-15H,9,11-12,16H2,1-4H3,(H2,30,33)/i2D3,3D3. The van der Waals surface area contributed by atoms with Crippen molar-refractivity contribution in [2.24, 2.45) is 7.05 Å². The Labute approximate surface area is 223 Å². The molecule has 0 radical (unpaired) electrons. The van der Waals surface area contributed by atoms with Gasteiger partial charge in [0.1, 0.15) is 17.3 Å². The molecule has 3 aromatic heterocycles. The molecule has 0 spiro atoms. The zero-order valence-corrected chi connectivity index (χ0v) is 20.5. The minimum atomic E-state index is -3.22. The van der Waals surface area contributed by atoms with Crippen molar-refractivity contribution in [3.63, 3.8) is 0 Å². The van der Waals surface area contributed by atoms with Crippen LogP contribution >= 0.6 is 0 Å². The molecule has 0 aliphatic carbocycles. The number of pyridine rings is 1. The van der Waals surface area contributed by atoms with E-state index in [-0.39, 0.29) is 10.5 Å². The van der Waals surface area contributed by atoms with Crippen LogP contribution in [0.2, 0.25) is 0 Å². The molecule has 9 heteroatoms. The molecule has 37 heavy (non-hydrogen) atoms. The first-order chi connectivity index (χ1) is 20.1. The van der Waals surface area contributed by atoms with Crippen molar-refractivity contribution in [3.05, 3.63) is 76.9 Å². The fourth-order valence-corrected chi connectivity index (χ4v) is 4.85. The normalized spacial score (nSPS) is 17.2. The summed E-state index contributed by atoms with van der Waals surface area (Å²) in [6, 6.07) is 9.74. The van der Waals surface area contributed by atoms with E-state index < -0.39 is 25.7 Å². The van der Waals surface area contributed by atoms with Gasteiger partial charge in [0, 0.05) is 82.8 Å². The first-order valence-corrected chi connectivity index (χ1v) is 11.7. The lowest BCUT2D eigenvalue weighted by molar-refractivity contribution is 0.0827. The summed E-state index contributed by atoms with van der Waals surface area (Å²) in [7, 11) is 1.95. The van der Waals surface area contributed by atoms with E-state index in [9.17, 15) is 4.79 Å². The van der Waals surface area contributed by atoms with Crippen LogP contribution in [0.5, 0.6) is 0 Å². The van der Waals surface area contributed by atoms with Crippen LogP contribution in [-0.2, 0) is 13.6 Å². The maximum atomic E-state index is 15.4. The van der Waals surface area contributed by atoms with Gasteiger partial charge < -0.3 is 15.2 Å². The molecule has 2 N–H and O–H groups in total. The van der Waals surface area contributed by atoms with Crippen molar-refractivity contribution in [1.29, 1.82) is 0 Å². The summed E-state index contributed by atoms with van der Waals surface area (Å²) in [6.07, 6.45) is 4.20. The maximum Gasteiger partial charge on any atom is 0.253 e. The summed E-state index contributed by atoms with van der Waals surface area (Å²) in [6.45, 7) is -3.00. The van der Waals surface area contributed by atoms with Crippen LogP contribution in [0.3, 0.4) is 0 Å². The summed E-state index contributed by atoms with van der Waals surface area (Å²) < 4.78 is 62.4. The number of benzene rings is 1. The number of halogens is 1. The highest BCUT2D eigenvalue weighted by atomic mass is 19.1. The molecule has 1 amide bonds. The number of nitrogen functional groups attached to an aromatic ring is 1. The van der Waals surface area contributed by atoms with Gasteiger partial charge >= 0.3 is 0 Å². The van der Waals surface area contributed by atoms with Gasteiger partial charge in [0.15, 0.2) is 0 Å². The fourth-order valence-electron chi connectivity index (χ4n) is 4.85. The van der Waals surface area contributed by atoms with E-state index in [0.717, 1.165) is 33.9 Å². The number of nitrogens with two attached hydrogens (primary N) is 1. The number of carbonyl (C=O) groups is 1. The van der Waals surface area contributed by atoms with Gasteiger partial charge in [-0.3, -0.25) is 9.69 Å². The Balaban J connectivity index is 1.36. The van der Waals surface area contributed by atoms with Gasteiger partial charge in [-0.15, -0.1) is 10.2 Å². The average Bonchev–Trinajstić information content (AvgIpc) is 3.23. The molecule has 190 valence electrons. The van der Waals surface area contributed by atoms with Gasteiger partial charge in [-0.2, -0.15) is 0 Å². The van der Waals surface area contributed by atoms with Crippen LogP contribution in [0.15, 0.2) is 48.7 Å². The number of aromatic nitrogens is 4. The molecule has 4 aromatic rings. The number of fused-ring (bicyclic) bond motifs is 1. The number of rotatable bonds is 5. The average molecular weight is 506 g/mol. The lowest BCUT2D eigenvalue weighted by Crippen LogP contribution is -2.29. The van der Waals surface area contributed by atoms with Crippen LogP contribution < -0.4 is 5.73 Å². The van der Waals surface area contributed by atoms with Crippen molar-refractivity contribution in [2.75, 3.05) is 32.8 Å². The Morgan fingerprint density at radius 1 is 1.22 bits per heavy atom. The number of nitrogens with zero attached hydrogens (tertiary/aromatic N) is 6. The van der Waals surface area contributed by atoms with Crippen LogP contribution in [-0.4, -0.2) is 62.5 Å². The van der Waals surface area contributed by atoms with E-state index in [1.165, 1.54) is 6.07 Å². The monoisotopic (exact) mass is 505 g/mol. The van der Waals surface area contributed by atoms with Crippen LogP contribution in [0.1, 0.15) is 41.8 Å². The summed E-state index contributed by atoms with van der Waals surface area (Å²) in [4.78, 5) is 19.5. The van der Waals surface area contributed by atoms with E-state index in [1.54, 1.807) is 19.2 Å². The van der Waals surface area contributed by atoms with Crippen molar-refractivity contribution >= 4 is 28.3 Å². The zero-order valence-electron chi connectivity index (χ0n) is 26.5. The van der Waals surface area contributed by atoms with Gasteiger partial charge in [0.25, 0.3) is 5.91 Å². The molecule has 8 nitrogen and oxygen atoms in total. The Bertz CT molecular complexity index is 1690. The van der Waals surface area contributed by atoms with Crippen molar-refractivity contribution in [2.45, 2.75) is 19.9 Å². The minimum absolute atomic E-state index is 0.166. The van der Waals surface area contributed by atoms with Crippen molar-refractivity contribution in [3.8, 4) is 11.3 Å². The lowest BCUT2D eigenvalue weighted by atomic mass is 9.93. The Morgan fingerprint density at radius 3 is 2.73 bits per heavy atom. The third-order valence-corrected chi connectivity index (χ3v) is 6.73. The SMILES string of the molecule is [2H]C([2H])([2H])N(C(=O)c1cc(C)c(C2=CCN(Cc3cc4c(-c5ccc(N)nn5)ccnc4n3C)CC2)c(F)c1)C([2H])([2H])[2H]. The smallest absolute Gasteiger partial charge is 0.253 e. The second kappa shape index (κ2) is 9.74. The molecular weight excluding hydrogens is 469 g/mol. The van der Waals surface area contributed by atoms with Gasteiger partial charge in [0.2, 0.25) is 0 Å². The topological polar surface area (TPSA) is 93.2 Å². The summed E-state index contributed by atoms with van der Waals surface area (Å²) in [5.74, 6) is -1.65. The van der Waals surface area contributed by atoms with E-state index in [1.807, 2.05) is 29.8 Å². The Morgan fingerprint density at radius 2 is 2.05 bits per heavy atom. The third-order valence-electron chi connectivity index (χ3n) is 6.73. The molecule has 0 unspecified atom stereocenters. The van der Waals surface area contributed by atoms with E-state index in [4.69, 9.17) is 14.0 Å². The van der Waals surface area contributed by atoms with Crippen molar-refractivity contribution < 1.29 is 17.4 Å². The zero-order chi connectivity index (χ0) is 31.3. The van der Waals surface area contributed by atoms with Gasteiger partial charge in [-0.05, 0) is 60.9 Å². The van der Waals surface area contributed by atoms with Gasteiger partial charge in [-0.1, -0.05) is 6.08 Å². The van der Waals surface area contributed by atoms with Crippen molar-refractivity contribution in [1.82, 2.24) is 29.5 Å². The fraction of sp³-hybridized carbons (Fsp3) is 0.286. The second-order valence-corrected chi connectivity index (χ2v) is 9.14. The molecule has 4 heterocycles. The van der Waals surface area contributed by atoms with Crippen LogP contribution in [0, 0.1) is 12.7 Å². The molecule has 0 bridgehead atoms. The lowest BCUT2D eigenvalue weighted by Gasteiger charge is -2.27. The van der Waals surface area contributed by atoms with Crippen LogP contribution in [0.25, 0.3) is 27.9 Å². The first-order valence-electron chi connectivity index (χ1n) is 14.7. The highest BCUT2D eigenvalue weighted by Gasteiger charge is 2.21. The number of aryl methyl sites for hydroxylation is 2. The van der Waals surface area contributed by atoms with Gasteiger partial charge in [0.05, 0.1) is 5.69 Å². The molecule has 0 atom stereocenters. The number of hydrogen-bond donors (Lipinski definition) is 1. The van der Waals surface area contributed by atoms with Crippen LogP contribution in [0.4, 0.5) is 10.2 Å². The highest BCUT2D eigenvalue weighted by molar-refractivity contribution is 5.95. The van der Waals surface area contributed by atoms with E-state index in [0.29, 0.717) is 48.7 Å². The Hall–Kier alpha value is -4.11. The highest BCUT2D eigenvalue weighted by Crippen LogP contribution is 2.31. The summed E-state index contributed by atoms with van der Waals surface area (Å²) in [5.41, 5.74) is 10.3. The number of amides is 1. The predicted molar refractivity (Wildman–Crippen MR) is 143 cm³/mol. The molecule has 1 aliphatic rings. The minimum Gasteiger partial charge on any atom is -0.382 e. The molecule has 0 saturated heterocycles. The quantitative estimate of drug-likeness (QED) is 0.440. The summed E-state index contributed by atoms with van der Waals surface area (Å²) in [5, 5.41) is 9.12.